The molecule has 6 nitrogen and oxygen atoms in total. The maximum Gasteiger partial charge on any atom is 0.123 e. The predicted octanol–water partition coefficient (Wildman–Crippen LogP) is 0.701. The van der Waals surface area contributed by atoms with Gasteiger partial charge < -0.3 is 32.5 Å². The lowest BCUT2D eigenvalue weighted by Crippen LogP contribution is -2.17. The van der Waals surface area contributed by atoms with E-state index >= 15 is 0 Å². The minimum absolute atomic E-state index is 0.0361. The predicted molar refractivity (Wildman–Crippen MR) is 83.6 cm³/mol. The van der Waals surface area contributed by atoms with Crippen molar-refractivity contribution in [1.82, 2.24) is 0 Å². The second kappa shape index (κ2) is 5.90. The molecule has 9 N–H and O–H groups in total. The SMILES string of the molecule is Nc1ccc(O)c(-c2cc(N)cc(N)c2CC(O)CO)c1. The average molecular weight is 289 g/mol. The Bertz CT molecular complexity index is 659. The lowest BCUT2D eigenvalue weighted by Gasteiger charge is -2.17. The molecular weight excluding hydrogens is 270 g/mol. The Morgan fingerprint density at radius 2 is 1.62 bits per heavy atom. The van der Waals surface area contributed by atoms with E-state index in [1.807, 2.05) is 0 Å². The molecule has 0 aliphatic carbocycles. The molecule has 0 heterocycles. The van der Waals surface area contributed by atoms with Crippen LogP contribution in [0, 0.1) is 0 Å². The number of aromatic hydroxyl groups is 1. The van der Waals surface area contributed by atoms with Crippen LogP contribution in [0.25, 0.3) is 11.1 Å². The zero-order valence-corrected chi connectivity index (χ0v) is 11.5. The Morgan fingerprint density at radius 1 is 0.952 bits per heavy atom. The van der Waals surface area contributed by atoms with Gasteiger partial charge >= 0.3 is 0 Å². The fourth-order valence-electron chi connectivity index (χ4n) is 2.26. The van der Waals surface area contributed by atoms with Crippen molar-refractivity contribution >= 4 is 17.1 Å². The first kappa shape index (κ1) is 15.0. The van der Waals surface area contributed by atoms with Crippen LogP contribution < -0.4 is 17.2 Å². The molecule has 0 aliphatic rings. The van der Waals surface area contributed by atoms with Crippen LogP contribution >= 0.6 is 0 Å². The number of hydrogen-bond acceptors (Lipinski definition) is 6. The summed E-state index contributed by atoms with van der Waals surface area (Å²) in [6.45, 7) is -0.383. The van der Waals surface area contributed by atoms with Crippen molar-refractivity contribution in [3.05, 3.63) is 35.9 Å². The number of benzene rings is 2. The van der Waals surface area contributed by atoms with Crippen molar-refractivity contribution in [3.63, 3.8) is 0 Å². The number of hydrogen-bond donors (Lipinski definition) is 6. The second-order valence-corrected chi connectivity index (χ2v) is 4.95. The highest BCUT2D eigenvalue weighted by atomic mass is 16.3. The molecule has 0 bridgehead atoms. The molecule has 1 atom stereocenters. The van der Waals surface area contributed by atoms with E-state index in [2.05, 4.69) is 0 Å². The van der Waals surface area contributed by atoms with Crippen LogP contribution in [0.5, 0.6) is 5.75 Å². The van der Waals surface area contributed by atoms with Gasteiger partial charge in [-0.25, -0.2) is 0 Å². The molecule has 21 heavy (non-hydrogen) atoms. The zero-order valence-electron chi connectivity index (χ0n) is 11.5. The summed E-state index contributed by atoms with van der Waals surface area (Å²) in [7, 11) is 0. The molecule has 0 spiro atoms. The van der Waals surface area contributed by atoms with E-state index in [4.69, 9.17) is 22.3 Å². The first-order chi connectivity index (χ1) is 9.92. The summed E-state index contributed by atoms with van der Waals surface area (Å²) in [4.78, 5) is 0. The third kappa shape index (κ3) is 3.18. The molecule has 0 aliphatic heterocycles. The lowest BCUT2D eigenvalue weighted by molar-refractivity contribution is 0.0957. The maximum absolute atomic E-state index is 10.0. The van der Waals surface area contributed by atoms with Gasteiger partial charge in [-0.3, -0.25) is 0 Å². The number of aliphatic hydroxyl groups excluding tert-OH is 2. The van der Waals surface area contributed by atoms with Crippen molar-refractivity contribution < 1.29 is 15.3 Å². The number of aliphatic hydroxyl groups is 2. The Balaban J connectivity index is 2.63. The average Bonchev–Trinajstić information content (AvgIpc) is 2.44. The Morgan fingerprint density at radius 3 is 2.29 bits per heavy atom. The molecule has 1 unspecified atom stereocenters. The lowest BCUT2D eigenvalue weighted by atomic mass is 9.93. The quantitative estimate of drug-likeness (QED) is 0.362. The van der Waals surface area contributed by atoms with Gasteiger partial charge in [0.15, 0.2) is 0 Å². The highest BCUT2D eigenvalue weighted by Gasteiger charge is 2.16. The van der Waals surface area contributed by atoms with E-state index in [0.29, 0.717) is 33.8 Å². The minimum atomic E-state index is -0.946. The number of phenols is 1. The third-order valence-electron chi connectivity index (χ3n) is 3.27. The van der Waals surface area contributed by atoms with E-state index in [0.717, 1.165) is 0 Å². The number of rotatable bonds is 4. The summed E-state index contributed by atoms with van der Waals surface area (Å²) in [5.74, 6) is 0.0361. The fourth-order valence-corrected chi connectivity index (χ4v) is 2.26. The largest absolute Gasteiger partial charge is 0.507 e. The van der Waals surface area contributed by atoms with Crippen LogP contribution in [-0.2, 0) is 6.42 Å². The molecule has 0 radical (unpaired) electrons. The van der Waals surface area contributed by atoms with Crippen LogP contribution in [0.4, 0.5) is 17.1 Å². The molecule has 2 rings (SSSR count). The maximum atomic E-state index is 10.0. The molecular formula is C15H19N3O3. The second-order valence-electron chi connectivity index (χ2n) is 4.95. The van der Waals surface area contributed by atoms with E-state index in [9.17, 15) is 10.2 Å². The molecule has 0 aromatic heterocycles. The minimum Gasteiger partial charge on any atom is -0.507 e. The van der Waals surface area contributed by atoms with Gasteiger partial charge in [-0.2, -0.15) is 0 Å². The van der Waals surface area contributed by atoms with Gasteiger partial charge in [-0.1, -0.05) is 0 Å². The summed E-state index contributed by atoms with van der Waals surface area (Å²) < 4.78 is 0. The highest BCUT2D eigenvalue weighted by molar-refractivity contribution is 5.82. The first-order valence-corrected chi connectivity index (χ1v) is 6.48. The van der Waals surface area contributed by atoms with Crippen molar-refractivity contribution in [3.8, 4) is 16.9 Å². The monoisotopic (exact) mass is 289 g/mol. The third-order valence-corrected chi connectivity index (χ3v) is 3.27. The van der Waals surface area contributed by atoms with Gasteiger partial charge in [-0.15, -0.1) is 0 Å². The Kier molecular flexibility index (Phi) is 4.21. The van der Waals surface area contributed by atoms with Crippen LogP contribution in [0.3, 0.4) is 0 Å². The topological polar surface area (TPSA) is 139 Å². The highest BCUT2D eigenvalue weighted by Crippen LogP contribution is 2.37. The molecule has 0 saturated heterocycles. The molecule has 0 saturated carbocycles. The standard InChI is InChI=1S/C15H19N3O3/c16-8-1-2-15(21)13(3-8)11-4-9(17)5-14(18)12(11)6-10(20)7-19/h1-5,10,19-21H,6-7,16-18H2. The summed E-state index contributed by atoms with van der Waals surface area (Å²) in [5, 5.41) is 28.7. The molecule has 2 aromatic carbocycles. The van der Waals surface area contributed by atoms with Crippen LogP contribution in [0.15, 0.2) is 30.3 Å². The van der Waals surface area contributed by atoms with Crippen molar-refractivity contribution in [2.45, 2.75) is 12.5 Å². The van der Waals surface area contributed by atoms with Crippen LogP contribution in [0.1, 0.15) is 5.56 Å². The van der Waals surface area contributed by atoms with E-state index < -0.39 is 6.10 Å². The Hall–Kier alpha value is -2.44. The number of nitrogens with two attached hydrogens (primary N) is 3. The summed E-state index contributed by atoms with van der Waals surface area (Å²) in [5.41, 5.74) is 20.5. The Labute approximate surface area is 122 Å². The molecule has 6 heteroatoms. The van der Waals surface area contributed by atoms with Gasteiger partial charge in [0, 0.05) is 29.0 Å². The van der Waals surface area contributed by atoms with Gasteiger partial charge in [0.2, 0.25) is 0 Å². The summed E-state index contributed by atoms with van der Waals surface area (Å²) >= 11 is 0. The first-order valence-electron chi connectivity index (χ1n) is 6.48. The molecule has 2 aromatic rings. The van der Waals surface area contributed by atoms with Gasteiger partial charge in [-0.05, 0) is 41.5 Å². The summed E-state index contributed by atoms with van der Waals surface area (Å²) in [6, 6.07) is 7.90. The van der Waals surface area contributed by atoms with Crippen LogP contribution in [-0.4, -0.2) is 28.0 Å². The van der Waals surface area contributed by atoms with Crippen molar-refractivity contribution in [1.29, 1.82) is 0 Å². The van der Waals surface area contributed by atoms with E-state index in [1.54, 1.807) is 24.3 Å². The zero-order chi connectivity index (χ0) is 15.6. The van der Waals surface area contributed by atoms with Gasteiger partial charge in [0.1, 0.15) is 5.75 Å². The van der Waals surface area contributed by atoms with Crippen molar-refractivity contribution in [2.75, 3.05) is 23.8 Å². The van der Waals surface area contributed by atoms with Gasteiger partial charge in [0.25, 0.3) is 0 Å². The van der Waals surface area contributed by atoms with Crippen molar-refractivity contribution in [2.24, 2.45) is 0 Å². The molecule has 0 amide bonds. The smallest absolute Gasteiger partial charge is 0.123 e. The van der Waals surface area contributed by atoms with Crippen LogP contribution in [0.2, 0.25) is 0 Å². The summed E-state index contributed by atoms with van der Waals surface area (Å²) in [6.07, 6.45) is -0.801. The molecule has 0 fully saturated rings. The van der Waals surface area contributed by atoms with E-state index in [1.165, 1.54) is 6.07 Å². The fraction of sp³-hybridized carbons (Fsp3) is 0.200. The number of phenolic OH excluding ortho intramolecular Hbond substituents is 1. The van der Waals surface area contributed by atoms with E-state index in [-0.39, 0.29) is 18.8 Å². The molecule has 112 valence electrons. The normalized spacial score (nSPS) is 12.3. The number of nitrogen functional groups attached to an aromatic ring is 3. The van der Waals surface area contributed by atoms with Gasteiger partial charge in [0.05, 0.1) is 12.7 Å². The number of anilines is 3.